The van der Waals surface area contributed by atoms with Gasteiger partial charge in [0.25, 0.3) is 0 Å². The molecule has 0 spiro atoms. The Labute approximate surface area is 151 Å². The third-order valence-electron chi connectivity index (χ3n) is 4.86. The Morgan fingerprint density at radius 1 is 1.23 bits per heavy atom. The van der Waals surface area contributed by atoms with Gasteiger partial charge in [0.15, 0.2) is 5.65 Å². The number of aromatic nitrogens is 4. The van der Waals surface area contributed by atoms with Crippen molar-refractivity contribution in [2.45, 2.75) is 44.5 Å². The number of fused-ring (bicyclic) bond motifs is 1. The molecule has 3 aromatic rings. The van der Waals surface area contributed by atoms with Crippen LogP contribution in [0.2, 0.25) is 0 Å². The van der Waals surface area contributed by atoms with E-state index in [0.29, 0.717) is 30.9 Å². The minimum atomic E-state index is -0.966. The van der Waals surface area contributed by atoms with E-state index >= 15 is 0 Å². The summed E-state index contributed by atoms with van der Waals surface area (Å²) in [6, 6.07) is 8.34. The molecule has 4 rings (SSSR count). The highest BCUT2D eigenvalue weighted by molar-refractivity contribution is 5.85. The van der Waals surface area contributed by atoms with Crippen LogP contribution in [0.4, 0.5) is 10.2 Å². The van der Waals surface area contributed by atoms with Crippen molar-refractivity contribution in [3.8, 4) is 0 Å². The maximum atomic E-state index is 14.4. The van der Waals surface area contributed by atoms with Gasteiger partial charge >= 0.3 is 0 Å². The maximum Gasteiger partial charge on any atom is 0.160 e. The molecule has 1 aliphatic carbocycles. The Kier molecular flexibility index (Phi) is 4.79. The smallest absolute Gasteiger partial charge is 0.160 e. The highest BCUT2D eigenvalue weighted by atomic mass is 19.1. The van der Waals surface area contributed by atoms with Crippen LogP contribution in [0.1, 0.15) is 24.0 Å². The number of anilines is 1. The molecule has 0 saturated heterocycles. The number of nitrogens with one attached hydrogen (secondary N) is 2. The van der Waals surface area contributed by atoms with E-state index in [1.165, 1.54) is 17.5 Å². The Hall–Kier alpha value is -2.54. The van der Waals surface area contributed by atoms with Crippen molar-refractivity contribution < 1.29 is 9.13 Å². The second-order valence-electron chi connectivity index (χ2n) is 6.83. The SMILES string of the molecule is Cc1ccc(CCO[C@@H]2C[C@@H](Nc3ncnc4[nH]ncc34)C[C@H]2F)cc1. The van der Waals surface area contributed by atoms with Crippen molar-refractivity contribution in [3.05, 3.63) is 47.9 Å². The summed E-state index contributed by atoms with van der Waals surface area (Å²) in [5.41, 5.74) is 3.12. The monoisotopic (exact) mass is 355 g/mol. The van der Waals surface area contributed by atoms with Gasteiger partial charge in [0.05, 0.1) is 24.3 Å². The van der Waals surface area contributed by atoms with Gasteiger partial charge in [-0.05, 0) is 25.3 Å². The van der Waals surface area contributed by atoms with E-state index in [4.69, 9.17) is 4.74 Å². The van der Waals surface area contributed by atoms with Crippen LogP contribution in [0.5, 0.6) is 0 Å². The average Bonchev–Trinajstić information content (AvgIpc) is 3.24. The molecule has 136 valence electrons. The van der Waals surface area contributed by atoms with E-state index in [1.54, 1.807) is 6.20 Å². The van der Waals surface area contributed by atoms with Crippen molar-refractivity contribution >= 4 is 16.9 Å². The summed E-state index contributed by atoms with van der Waals surface area (Å²) >= 11 is 0. The normalized spacial score (nSPS) is 22.8. The lowest BCUT2D eigenvalue weighted by molar-refractivity contribution is 0.0163. The predicted molar refractivity (Wildman–Crippen MR) is 97.8 cm³/mol. The van der Waals surface area contributed by atoms with E-state index in [1.807, 2.05) is 0 Å². The van der Waals surface area contributed by atoms with Crippen LogP contribution < -0.4 is 5.32 Å². The molecule has 2 aromatic heterocycles. The number of halogens is 1. The molecule has 0 amide bonds. The summed E-state index contributed by atoms with van der Waals surface area (Å²) in [4.78, 5) is 8.37. The summed E-state index contributed by atoms with van der Waals surface area (Å²) in [7, 11) is 0. The zero-order valence-corrected chi connectivity index (χ0v) is 14.7. The predicted octanol–water partition coefficient (Wildman–Crippen LogP) is 3.20. The Balaban J connectivity index is 1.31. The molecule has 0 aliphatic heterocycles. The summed E-state index contributed by atoms with van der Waals surface area (Å²) < 4.78 is 20.2. The summed E-state index contributed by atoms with van der Waals surface area (Å²) in [6.45, 7) is 2.59. The molecule has 1 saturated carbocycles. The molecular weight excluding hydrogens is 333 g/mol. The summed E-state index contributed by atoms with van der Waals surface area (Å²) in [5, 5.41) is 10.9. The van der Waals surface area contributed by atoms with Gasteiger partial charge in [0.2, 0.25) is 0 Å². The molecule has 1 fully saturated rings. The third-order valence-corrected chi connectivity index (χ3v) is 4.86. The molecule has 0 radical (unpaired) electrons. The number of aryl methyl sites for hydroxylation is 1. The fraction of sp³-hybridized carbons (Fsp3) is 0.421. The van der Waals surface area contributed by atoms with Gasteiger partial charge in [0.1, 0.15) is 18.3 Å². The first-order valence-corrected chi connectivity index (χ1v) is 8.91. The van der Waals surface area contributed by atoms with Crippen LogP contribution in [0.25, 0.3) is 11.0 Å². The van der Waals surface area contributed by atoms with E-state index in [0.717, 1.165) is 11.8 Å². The maximum absolute atomic E-state index is 14.4. The molecule has 3 atom stereocenters. The number of benzene rings is 1. The quantitative estimate of drug-likeness (QED) is 0.710. The zero-order chi connectivity index (χ0) is 17.9. The van der Waals surface area contributed by atoms with E-state index in [9.17, 15) is 4.39 Å². The van der Waals surface area contributed by atoms with Gasteiger partial charge in [-0.1, -0.05) is 29.8 Å². The van der Waals surface area contributed by atoms with Gasteiger partial charge in [-0.2, -0.15) is 5.10 Å². The topological polar surface area (TPSA) is 75.7 Å². The van der Waals surface area contributed by atoms with E-state index in [-0.39, 0.29) is 12.1 Å². The summed E-state index contributed by atoms with van der Waals surface area (Å²) in [6.07, 6.45) is 3.64. The van der Waals surface area contributed by atoms with Gasteiger partial charge < -0.3 is 10.1 Å². The Morgan fingerprint density at radius 2 is 2.08 bits per heavy atom. The molecule has 0 unspecified atom stereocenters. The number of ether oxygens (including phenoxy) is 1. The largest absolute Gasteiger partial charge is 0.375 e. The van der Waals surface area contributed by atoms with Crippen LogP contribution in [0.15, 0.2) is 36.8 Å². The first-order chi connectivity index (χ1) is 12.7. The minimum Gasteiger partial charge on any atom is -0.375 e. The Bertz CT molecular complexity index is 866. The molecule has 1 aromatic carbocycles. The molecular formula is C19H22FN5O. The van der Waals surface area contributed by atoms with Crippen LogP contribution in [0.3, 0.4) is 0 Å². The lowest BCUT2D eigenvalue weighted by atomic mass is 10.1. The fourth-order valence-electron chi connectivity index (χ4n) is 3.39. The minimum absolute atomic E-state index is 0.0117. The number of H-pyrrole nitrogens is 1. The number of rotatable bonds is 6. The molecule has 0 bridgehead atoms. The van der Waals surface area contributed by atoms with Crippen molar-refractivity contribution in [3.63, 3.8) is 0 Å². The molecule has 26 heavy (non-hydrogen) atoms. The van der Waals surface area contributed by atoms with Gasteiger partial charge in [-0.15, -0.1) is 0 Å². The number of hydrogen-bond donors (Lipinski definition) is 2. The average molecular weight is 355 g/mol. The second-order valence-corrected chi connectivity index (χ2v) is 6.83. The van der Waals surface area contributed by atoms with Crippen LogP contribution in [0, 0.1) is 6.92 Å². The molecule has 1 aliphatic rings. The van der Waals surface area contributed by atoms with E-state index in [2.05, 4.69) is 56.7 Å². The fourth-order valence-corrected chi connectivity index (χ4v) is 3.39. The van der Waals surface area contributed by atoms with E-state index < -0.39 is 6.17 Å². The zero-order valence-electron chi connectivity index (χ0n) is 14.7. The lowest BCUT2D eigenvalue weighted by Crippen LogP contribution is -2.21. The van der Waals surface area contributed by atoms with Crippen molar-refractivity contribution in [1.82, 2.24) is 20.2 Å². The highest BCUT2D eigenvalue weighted by Gasteiger charge is 2.35. The molecule has 6 nitrogen and oxygen atoms in total. The van der Waals surface area contributed by atoms with Crippen LogP contribution in [-0.2, 0) is 11.2 Å². The first-order valence-electron chi connectivity index (χ1n) is 8.91. The van der Waals surface area contributed by atoms with Crippen LogP contribution in [-0.4, -0.2) is 45.1 Å². The number of nitrogens with zero attached hydrogens (tertiary/aromatic N) is 3. The van der Waals surface area contributed by atoms with Crippen molar-refractivity contribution in [2.75, 3.05) is 11.9 Å². The van der Waals surface area contributed by atoms with Crippen molar-refractivity contribution in [2.24, 2.45) is 0 Å². The lowest BCUT2D eigenvalue weighted by Gasteiger charge is -2.15. The van der Waals surface area contributed by atoms with Gasteiger partial charge in [0, 0.05) is 12.5 Å². The highest BCUT2D eigenvalue weighted by Crippen LogP contribution is 2.29. The third kappa shape index (κ3) is 3.67. The van der Waals surface area contributed by atoms with Gasteiger partial charge in [-0.25, -0.2) is 14.4 Å². The first kappa shape index (κ1) is 16.9. The number of aromatic amines is 1. The second kappa shape index (κ2) is 7.37. The molecule has 2 heterocycles. The number of alkyl halides is 1. The van der Waals surface area contributed by atoms with Crippen LogP contribution >= 0.6 is 0 Å². The number of hydrogen-bond acceptors (Lipinski definition) is 5. The van der Waals surface area contributed by atoms with Crippen molar-refractivity contribution in [1.29, 1.82) is 0 Å². The van der Waals surface area contributed by atoms with Gasteiger partial charge in [-0.3, -0.25) is 5.10 Å². The Morgan fingerprint density at radius 3 is 2.92 bits per heavy atom. The standard InChI is InChI=1S/C19H22FN5O/c1-12-2-4-13(5-3-12)6-7-26-17-9-14(8-16(17)20)24-18-15-10-23-25-19(15)22-11-21-18/h2-5,10-11,14,16-17H,6-9H2,1H3,(H2,21,22,23,24,25)/t14-,16+,17+/m0/s1. The molecule has 2 N–H and O–H groups in total. The molecule has 7 heteroatoms. The summed E-state index contributed by atoms with van der Waals surface area (Å²) in [5.74, 6) is 0.682.